The molecule has 0 saturated carbocycles. The van der Waals surface area contributed by atoms with Crippen LogP contribution in [0.5, 0.6) is 0 Å². The number of hydrogen-bond acceptors (Lipinski definition) is 5. The van der Waals surface area contributed by atoms with Gasteiger partial charge in [0.25, 0.3) is 5.91 Å². The van der Waals surface area contributed by atoms with Crippen LogP contribution in [0.1, 0.15) is 32.1 Å². The van der Waals surface area contributed by atoms with Gasteiger partial charge >= 0.3 is 12.4 Å². The van der Waals surface area contributed by atoms with Gasteiger partial charge < -0.3 is 0 Å². The lowest BCUT2D eigenvalue weighted by Crippen LogP contribution is -2.34. The van der Waals surface area contributed by atoms with Crippen LogP contribution in [0.4, 0.5) is 31.5 Å². The summed E-state index contributed by atoms with van der Waals surface area (Å²) in [5.74, 6) is -1.20. The standard InChI is InChI=1S/C16H13F6N3O3S2/c1-30(27,28)25-3-2-11-12(7-25)29-14(23-11)24-13(26)8-4-9(15(17,18)19)6-10(5-8)16(20,21)22/h4-6H,2-3,7H2,1H3,(H,23,24,26). The van der Waals surface area contributed by atoms with Crippen molar-refractivity contribution >= 4 is 32.4 Å². The molecule has 1 aromatic heterocycles. The van der Waals surface area contributed by atoms with Crippen LogP contribution in [-0.2, 0) is 35.3 Å². The summed E-state index contributed by atoms with van der Waals surface area (Å²) < 4.78 is 102. The van der Waals surface area contributed by atoms with Crippen molar-refractivity contribution in [3.05, 3.63) is 45.5 Å². The van der Waals surface area contributed by atoms with E-state index < -0.39 is 45.0 Å². The van der Waals surface area contributed by atoms with Crippen LogP contribution in [0.15, 0.2) is 18.2 Å². The molecule has 0 saturated heterocycles. The number of benzene rings is 1. The minimum atomic E-state index is -5.08. The molecule has 0 radical (unpaired) electrons. The first kappa shape index (κ1) is 22.5. The number of alkyl halides is 6. The second kappa shape index (κ2) is 7.50. The van der Waals surface area contributed by atoms with E-state index in [0.717, 1.165) is 17.6 Å². The Bertz CT molecular complexity index is 1060. The number of hydrogen-bond donors (Lipinski definition) is 1. The zero-order chi connectivity index (χ0) is 22.5. The molecule has 0 fully saturated rings. The van der Waals surface area contributed by atoms with Crippen LogP contribution < -0.4 is 5.32 Å². The second-order valence-corrected chi connectivity index (χ2v) is 9.55. The van der Waals surface area contributed by atoms with Crippen molar-refractivity contribution in [3.63, 3.8) is 0 Å². The number of aromatic nitrogens is 1. The number of rotatable bonds is 3. The third-order valence-corrected chi connectivity index (χ3v) is 6.48. The minimum Gasteiger partial charge on any atom is -0.298 e. The van der Waals surface area contributed by atoms with Crippen LogP contribution >= 0.6 is 11.3 Å². The zero-order valence-corrected chi connectivity index (χ0v) is 16.7. The van der Waals surface area contributed by atoms with Crippen LogP contribution in [0.3, 0.4) is 0 Å². The maximum absolute atomic E-state index is 13.0. The molecule has 14 heteroatoms. The minimum absolute atomic E-state index is 0.0173. The van der Waals surface area contributed by atoms with E-state index in [0.29, 0.717) is 22.7 Å². The van der Waals surface area contributed by atoms with E-state index in [4.69, 9.17) is 0 Å². The number of anilines is 1. The molecule has 0 spiro atoms. The lowest BCUT2D eigenvalue weighted by Gasteiger charge is -2.23. The highest BCUT2D eigenvalue weighted by molar-refractivity contribution is 7.88. The summed E-state index contributed by atoms with van der Waals surface area (Å²) in [7, 11) is -3.45. The molecule has 6 nitrogen and oxygen atoms in total. The molecule has 2 heterocycles. The number of thiazole rings is 1. The number of halogens is 6. The molecule has 0 unspecified atom stereocenters. The number of amides is 1. The highest BCUT2D eigenvalue weighted by Gasteiger charge is 2.37. The van der Waals surface area contributed by atoms with Gasteiger partial charge in [-0.15, -0.1) is 11.3 Å². The Balaban J connectivity index is 1.88. The van der Waals surface area contributed by atoms with Crippen LogP contribution in [0.25, 0.3) is 0 Å². The number of nitrogens with one attached hydrogen (secondary N) is 1. The average molecular weight is 473 g/mol. The van der Waals surface area contributed by atoms with E-state index in [1.807, 2.05) is 0 Å². The summed E-state index contributed by atoms with van der Waals surface area (Å²) in [6.45, 7) is 0.189. The zero-order valence-electron chi connectivity index (χ0n) is 15.1. The lowest BCUT2D eigenvalue weighted by molar-refractivity contribution is -0.143. The number of nitrogens with zero attached hydrogens (tertiary/aromatic N) is 2. The molecule has 0 bridgehead atoms. The van der Waals surface area contributed by atoms with Gasteiger partial charge in [-0.1, -0.05) is 0 Å². The Morgan fingerprint density at radius 1 is 1.10 bits per heavy atom. The second-order valence-electron chi connectivity index (χ2n) is 6.48. The number of sulfonamides is 1. The highest BCUT2D eigenvalue weighted by atomic mass is 32.2. The summed E-state index contributed by atoms with van der Waals surface area (Å²) in [5.41, 5.74) is -3.53. The van der Waals surface area contributed by atoms with Gasteiger partial charge in [0.15, 0.2) is 5.13 Å². The van der Waals surface area contributed by atoms with Crippen molar-refractivity contribution in [2.45, 2.75) is 25.3 Å². The van der Waals surface area contributed by atoms with Crippen molar-refractivity contribution in [2.24, 2.45) is 0 Å². The predicted molar refractivity (Wildman–Crippen MR) is 95.5 cm³/mol. The van der Waals surface area contributed by atoms with Crippen LogP contribution in [-0.4, -0.2) is 36.4 Å². The molecule has 0 atom stereocenters. The lowest BCUT2D eigenvalue weighted by atomic mass is 10.0. The van der Waals surface area contributed by atoms with E-state index >= 15 is 0 Å². The molecule has 1 amide bonds. The van der Waals surface area contributed by atoms with Crippen molar-refractivity contribution in [1.29, 1.82) is 0 Å². The molecule has 30 heavy (non-hydrogen) atoms. The Kier molecular flexibility index (Phi) is 5.62. The van der Waals surface area contributed by atoms with E-state index in [2.05, 4.69) is 10.3 Å². The van der Waals surface area contributed by atoms with Crippen LogP contribution in [0.2, 0.25) is 0 Å². The predicted octanol–water partition coefficient (Wildman–Crippen LogP) is 3.75. The van der Waals surface area contributed by atoms with Crippen LogP contribution in [0, 0.1) is 0 Å². The fraction of sp³-hybridized carbons (Fsp3) is 0.375. The van der Waals surface area contributed by atoms with Crippen molar-refractivity contribution in [3.8, 4) is 0 Å². The Morgan fingerprint density at radius 2 is 1.67 bits per heavy atom. The molecule has 0 aliphatic carbocycles. The van der Waals surface area contributed by atoms with Crippen molar-refractivity contribution < 1.29 is 39.6 Å². The quantitative estimate of drug-likeness (QED) is 0.689. The monoisotopic (exact) mass is 473 g/mol. The molecular weight excluding hydrogens is 460 g/mol. The van der Waals surface area contributed by atoms with Gasteiger partial charge in [-0.05, 0) is 18.2 Å². The van der Waals surface area contributed by atoms with Gasteiger partial charge in [0.1, 0.15) is 0 Å². The maximum Gasteiger partial charge on any atom is 0.416 e. The summed E-state index contributed by atoms with van der Waals surface area (Å²) in [5, 5.41) is 2.14. The fourth-order valence-corrected chi connectivity index (χ4v) is 4.65. The molecule has 164 valence electrons. The third kappa shape index (κ3) is 4.92. The highest BCUT2D eigenvalue weighted by Crippen LogP contribution is 2.37. The van der Waals surface area contributed by atoms with E-state index in [1.165, 1.54) is 4.31 Å². The average Bonchev–Trinajstić information content (AvgIpc) is 3.00. The SMILES string of the molecule is CS(=O)(=O)N1CCc2nc(NC(=O)c3cc(C(F)(F)F)cc(C(F)(F)F)c3)sc2C1. The summed E-state index contributed by atoms with van der Waals surface area (Å²) in [6, 6.07) is 0.575. The van der Waals surface area contributed by atoms with E-state index in [1.54, 1.807) is 0 Å². The van der Waals surface area contributed by atoms with Gasteiger partial charge in [-0.3, -0.25) is 10.1 Å². The van der Waals surface area contributed by atoms with E-state index in [-0.39, 0.29) is 30.7 Å². The Labute approximate surface area is 170 Å². The molecule has 1 aliphatic rings. The first-order chi connectivity index (χ1) is 13.6. The van der Waals surface area contributed by atoms with Gasteiger partial charge in [0.05, 0.1) is 23.1 Å². The molecule has 1 aromatic carbocycles. The van der Waals surface area contributed by atoms with Crippen molar-refractivity contribution in [2.75, 3.05) is 18.1 Å². The van der Waals surface area contributed by atoms with Crippen molar-refractivity contribution in [1.82, 2.24) is 9.29 Å². The Hall–Kier alpha value is -2.19. The number of fused-ring (bicyclic) bond motifs is 1. The van der Waals surface area contributed by atoms with Gasteiger partial charge in [-0.2, -0.15) is 30.6 Å². The smallest absolute Gasteiger partial charge is 0.298 e. The van der Waals surface area contributed by atoms with Gasteiger partial charge in [0, 0.05) is 30.0 Å². The Morgan fingerprint density at radius 3 is 2.17 bits per heavy atom. The molecule has 3 rings (SSSR count). The summed E-state index contributed by atoms with van der Waals surface area (Å²) in [4.78, 5) is 16.9. The van der Waals surface area contributed by atoms with Gasteiger partial charge in [-0.25, -0.2) is 13.4 Å². The topological polar surface area (TPSA) is 79.4 Å². The number of carbonyl (C=O) groups is 1. The summed E-state index contributed by atoms with van der Waals surface area (Å²) >= 11 is 0.904. The third-order valence-electron chi connectivity index (χ3n) is 4.24. The maximum atomic E-state index is 13.0. The normalized spacial score (nSPS) is 15.7. The number of carbonyl (C=O) groups excluding carboxylic acids is 1. The first-order valence-electron chi connectivity index (χ1n) is 8.19. The summed E-state index contributed by atoms with van der Waals surface area (Å²) in [6.07, 6.45) is -8.86. The molecular formula is C16H13F6N3O3S2. The molecule has 2 aromatic rings. The fourth-order valence-electron chi connectivity index (χ4n) is 2.76. The molecule has 1 aliphatic heterocycles. The van der Waals surface area contributed by atoms with Gasteiger partial charge in [0.2, 0.25) is 10.0 Å². The largest absolute Gasteiger partial charge is 0.416 e. The van der Waals surface area contributed by atoms with E-state index in [9.17, 15) is 39.6 Å². The molecule has 1 N–H and O–H groups in total. The first-order valence-corrected chi connectivity index (χ1v) is 10.9.